The number of ether oxygens (including phenoxy) is 2. The molecule has 300 valence electrons. The van der Waals surface area contributed by atoms with Gasteiger partial charge in [0.15, 0.2) is 17.0 Å². The molecule has 0 saturated carbocycles. The minimum Gasteiger partial charge on any atom is -0.464 e. The van der Waals surface area contributed by atoms with E-state index in [0.29, 0.717) is 6.07 Å². The molecule has 3 heterocycles. The van der Waals surface area contributed by atoms with Crippen LogP contribution < -0.4 is 15.3 Å². The van der Waals surface area contributed by atoms with E-state index >= 15 is 0 Å². The first kappa shape index (κ1) is 42.1. The van der Waals surface area contributed by atoms with Crippen LogP contribution in [0.4, 0.5) is 19.0 Å². The molecule has 5 rings (SSSR count). The summed E-state index contributed by atoms with van der Waals surface area (Å²) >= 11 is 0. The molecule has 0 spiro atoms. The van der Waals surface area contributed by atoms with Gasteiger partial charge in [0.2, 0.25) is 0 Å². The lowest BCUT2D eigenvalue weighted by Crippen LogP contribution is -2.43. The van der Waals surface area contributed by atoms with E-state index in [4.69, 9.17) is 24.3 Å². The van der Waals surface area contributed by atoms with Gasteiger partial charge in [0.1, 0.15) is 35.3 Å². The number of hydrogen-bond donors (Lipinski definition) is 3. The summed E-state index contributed by atoms with van der Waals surface area (Å²) in [5, 5.41) is 13.9. The molecule has 55 heavy (non-hydrogen) atoms. The van der Waals surface area contributed by atoms with Crippen LogP contribution in [0.3, 0.4) is 0 Å². The van der Waals surface area contributed by atoms with Gasteiger partial charge in [-0.1, -0.05) is 70.6 Å². The molecular formula is C38H50F3N6O7P. The van der Waals surface area contributed by atoms with Crippen molar-refractivity contribution < 1.29 is 46.2 Å². The molecule has 1 saturated heterocycles. The van der Waals surface area contributed by atoms with E-state index in [0.717, 1.165) is 63.5 Å². The van der Waals surface area contributed by atoms with Gasteiger partial charge < -0.3 is 24.8 Å². The number of rotatable bonds is 21. The fourth-order valence-corrected chi connectivity index (χ4v) is 8.12. The van der Waals surface area contributed by atoms with Crippen LogP contribution in [0.25, 0.3) is 11.2 Å². The number of nitrogen functional groups attached to an aromatic ring is 1. The monoisotopic (exact) mass is 790 g/mol. The smallest absolute Gasteiger partial charge is 0.459 e. The number of aliphatic hydroxyl groups excluding tert-OH is 1. The van der Waals surface area contributed by atoms with Crippen LogP contribution in [0.15, 0.2) is 54.9 Å². The highest BCUT2D eigenvalue weighted by molar-refractivity contribution is 7.52. The number of unbranched alkanes of at least 4 members (excludes halogenated alkanes) is 4. The van der Waals surface area contributed by atoms with Crippen LogP contribution in [-0.2, 0) is 29.8 Å². The van der Waals surface area contributed by atoms with E-state index in [1.54, 1.807) is 18.2 Å². The molecule has 0 aliphatic carbocycles. The molecule has 17 heteroatoms. The Hall–Kier alpha value is -4.08. The third-order valence-electron chi connectivity index (χ3n) is 9.61. The zero-order valence-electron chi connectivity index (χ0n) is 31.3. The second-order valence-corrected chi connectivity index (χ2v) is 15.9. The summed E-state index contributed by atoms with van der Waals surface area (Å²) in [6.07, 6.45) is 5.63. The topological polar surface area (TPSA) is 173 Å². The summed E-state index contributed by atoms with van der Waals surface area (Å²) in [7, 11) is -4.59. The van der Waals surface area contributed by atoms with Gasteiger partial charge in [0.25, 0.3) is 0 Å². The molecule has 1 fully saturated rings. The van der Waals surface area contributed by atoms with Crippen LogP contribution in [0, 0.1) is 23.6 Å². The molecule has 0 unspecified atom stereocenters. The van der Waals surface area contributed by atoms with Gasteiger partial charge in [-0.3, -0.25) is 13.9 Å². The summed E-state index contributed by atoms with van der Waals surface area (Å²) in [6, 6.07) is 9.46. The van der Waals surface area contributed by atoms with Crippen molar-refractivity contribution >= 4 is 30.7 Å². The van der Waals surface area contributed by atoms with Crippen molar-refractivity contribution in [1.82, 2.24) is 24.6 Å². The van der Waals surface area contributed by atoms with Crippen LogP contribution in [0.1, 0.15) is 90.3 Å². The Morgan fingerprint density at radius 1 is 1.07 bits per heavy atom. The molecule has 0 bridgehead atoms. The second-order valence-electron chi connectivity index (χ2n) is 14.2. The number of para-hydroxylation sites is 1. The average molecular weight is 791 g/mol. The Morgan fingerprint density at radius 2 is 1.75 bits per heavy atom. The molecule has 4 aromatic rings. The zero-order chi connectivity index (χ0) is 39.6. The fraction of sp³-hybridized carbons (Fsp3) is 0.526. The van der Waals surface area contributed by atoms with Gasteiger partial charge in [-0.25, -0.2) is 18.3 Å². The van der Waals surface area contributed by atoms with Gasteiger partial charge >= 0.3 is 19.8 Å². The molecule has 4 N–H and O–H groups in total. The van der Waals surface area contributed by atoms with Crippen molar-refractivity contribution in [2.75, 3.05) is 18.9 Å². The van der Waals surface area contributed by atoms with Crippen LogP contribution in [-0.4, -0.2) is 61.6 Å². The Labute approximate surface area is 318 Å². The molecular weight excluding hydrogens is 740 g/mol. The minimum absolute atomic E-state index is 0.0219. The van der Waals surface area contributed by atoms with E-state index in [2.05, 4.69) is 33.9 Å². The highest BCUT2D eigenvalue weighted by Crippen LogP contribution is 2.48. The summed E-state index contributed by atoms with van der Waals surface area (Å²) in [5.41, 5.74) is 4.57. The molecule has 13 nitrogen and oxygen atoms in total. The maximum atomic E-state index is 14.7. The molecule has 5 atom stereocenters. The van der Waals surface area contributed by atoms with E-state index < -0.39 is 62.0 Å². The number of hydrogen-bond acceptors (Lipinski definition) is 11. The number of carbonyl (C=O) groups is 1. The van der Waals surface area contributed by atoms with E-state index in [1.807, 2.05) is 0 Å². The van der Waals surface area contributed by atoms with E-state index in [-0.39, 0.29) is 53.7 Å². The largest absolute Gasteiger partial charge is 0.464 e. The van der Waals surface area contributed by atoms with Crippen molar-refractivity contribution in [3.05, 3.63) is 78.1 Å². The number of aliphatic hydroxyl groups is 1. The standard InChI is InChI=1S/C38H50F3N6O7P/c1-4-6-9-13-25(14-10-7-5-2)22-51-36(49)30(19-26-17-27(39)20-28(40)18-26)46-55(50,54-29-15-11-8-12-16-29)52-23-38(3)31(48)21-32(53-38)47-24-43-33-34(42)44-37(41)45-35(33)47/h8,11-12,15-18,20,24-25,30-32,48H,4-7,9-10,13-14,19,21-23H2,1-3H3,(H,46,50)(H2,42,44,45)/t30-,31-,32+,38+,55-/m0/s1. The minimum atomic E-state index is -4.59. The quantitative estimate of drug-likeness (QED) is 0.0327. The molecule has 0 radical (unpaired) electrons. The summed E-state index contributed by atoms with van der Waals surface area (Å²) in [4.78, 5) is 25.3. The molecule has 2 aromatic heterocycles. The first-order valence-corrected chi connectivity index (χ1v) is 20.3. The number of benzene rings is 2. The maximum Gasteiger partial charge on any atom is 0.459 e. The number of nitrogens with zero attached hydrogens (tertiary/aromatic N) is 4. The van der Waals surface area contributed by atoms with Crippen LogP contribution >= 0.6 is 7.75 Å². The zero-order valence-corrected chi connectivity index (χ0v) is 32.2. The third-order valence-corrected chi connectivity index (χ3v) is 11.2. The number of carbonyl (C=O) groups excluding carboxylic acids is 1. The summed E-state index contributed by atoms with van der Waals surface area (Å²) in [5.74, 6) is -2.48. The number of aromatic nitrogens is 4. The number of halogens is 3. The Kier molecular flexibility index (Phi) is 14.7. The first-order valence-electron chi connectivity index (χ1n) is 18.7. The lowest BCUT2D eigenvalue weighted by Gasteiger charge is -2.31. The number of nitrogens with one attached hydrogen (secondary N) is 1. The second kappa shape index (κ2) is 19.2. The van der Waals surface area contributed by atoms with Gasteiger partial charge in [0, 0.05) is 12.5 Å². The van der Waals surface area contributed by atoms with Gasteiger partial charge in [0.05, 0.1) is 25.6 Å². The Bertz CT molecular complexity index is 1890. The lowest BCUT2D eigenvalue weighted by molar-refractivity contribution is -0.147. The van der Waals surface area contributed by atoms with E-state index in [1.165, 1.54) is 30.0 Å². The van der Waals surface area contributed by atoms with Gasteiger partial charge in [-0.05, 0) is 61.9 Å². The maximum absolute atomic E-state index is 14.7. The van der Waals surface area contributed by atoms with Crippen molar-refractivity contribution in [3.63, 3.8) is 0 Å². The highest BCUT2D eigenvalue weighted by atomic mass is 31.2. The van der Waals surface area contributed by atoms with Crippen molar-refractivity contribution in [2.24, 2.45) is 5.92 Å². The molecule has 0 amide bonds. The third kappa shape index (κ3) is 11.5. The molecule has 2 aromatic carbocycles. The van der Waals surface area contributed by atoms with Gasteiger partial charge in [-0.15, -0.1) is 0 Å². The molecule has 1 aliphatic rings. The van der Waals surface area contributed by atoms with Crippen molar-refractivity contribution in [1.29, 1.82) is 0 Å². The fourth-order valence-electron chi connectivity index (χ4n) is 6.54. The Balaban J connectivity index is 1.39. The van der Waals surface area contributed by atoms with Crippen molar-refractivity contribution in [2.45, 2.75) is 109 Å². The van der Waals surface area contributed by atoms with Gasteiger partial charge in [-0.2, -0.15) is 19.4 Å². The van der Waals surface area contributed by atoms with Crippen LogP contribution in [0.5, 0.6) is 5.75 Å². The summed E-state index contributed by atoms with van der Waals surface area (Å²) < 4.78 is 82.8. The number of imidazole rings is 1. The van der Waals surface area contributed by atoms with Crippen molar-refractivity contribution in [3.8, 4) is 5.75 Å². The lowest BCUT2D eigenvalue weighted by atomic mass is 9.96. The average Bonchev–Trinajstić information content (AvgIpc) is 3.69. The number of fused-ring (bicyclic) bond motifs is 1. The predicted molar refractivity (Wildman–Crippen MR) is 199 cm³/mol. The Morgan fingerprint density at radius 3 is 2.40 bits per heavy atom. The SMILES string of the molecule is CCCCCC(CCCCC)COC(=O)[C@H](Cc1cc(F)cc(F)c1)N[P@](=O)(OC[C@@]1(C)O[C@@H](n2cnc3c(N)nc(F)nc32)C[C@@H]1O)Oc1ccccc1. The number of esters is 1. The highest BCUT2D eigenvalue weighted by Gasteiger charge is 2.48. The number of nitrogens with two attached hydrogens (primary N) is 1. The normalized spacial score (nSPS) is 20.1. The number of anilines is 1. The van der Waals surface area contributed by atoms with Crippen LogP contribution in [0.2, 0.25) is 0 Å². The predicted octanol–water partition coefficient (Wildman–Crippen LogP) is 7.59. The first-order chi connectivity index (χ1) is 26.3. The van der Waals surface area contributed by atoms with E-state index in [9.17, 15) is 27.6 Å². The molecule has 1 aliphatic heterocycles. The summed E-state index contributed by atoms with van der Waals surface area (Å²) in [6.45, 7) is 5.32.